The number of guanidine groups is 1. The van der Waals surface area contributed by atoms with E-state index in [2.05, 4.69) is 58.9 Å². The third-order valence-electron chi connectivity index (χ3n) is 4.00. The van der Waals surface area contributed by atoms with Gasteiger partial charge in [-0.15, -0.1) is 0 Å². The van der Waals surface area contributed by atoms with Gasteiger partial charge in [0.1, 0.15) is 5.60 Å². The first-order valence-electron chi connectivity index (χ1n) is 8.90. The molecule has 1 heterocycles. The third-order valence-corrected chi connectivity index (χ3v) is 4.68. The van der Waals surface area contributed by atoms with Crippen LogP contribution in [0.3, 0.4) is 0 Å². The van der Waals surface area contributed by atoms with Crippen LogP contribution in [0.15, 0.2) is 46.1 Å². The van der Waals surface area contributed by atoms with Crippen LogP contribution in [0.1, 0.15) is 30.5 Å². The number of aliphatic imine (C=N–C) groups is 1. The molecule has 1 unspecified atom stereocenters. The Balaban J connectivity index is 2.00. The fraction of sp³-hybridized carbons (Fsp3) is 0.450. The summed E-state index contributed by atoms with van der Waals surface area (Å²) in [6.45, 7) is 6.53. The topological polar surface area (TPSA) is 59.9 Å². The van der Waals surface area contributed by atoms with Gasteiger partial charge < -0.3 is 20.6 Å². The monoisotopic (exact) mass is 374 g/mol. The number of thiophene rings is 1. The fourth-order valence-electron chi connectivity index (χ4n) is 2.63. The zero-order chi connectivity index (χ0) is 19.0. The summed E-state index contributed by atoms with van der Waals surface area (Å²) in [6.07, 6.45) is 0. The van der Waals surface area contributed by atoms with Gasteiger partial charge in [0.15, 0.2) is 5.96 Å². The van der Waals surface area contributed by atoms with Crippen LogP contribution >= 0.6 is 11.3 Å². The summed E-state index contributed by atoms with van der Waals surface area (Å²) < 4.78 is 0. The number of rotatable bonds is 8. The molecule has 26 heavy (non-hydrogen) atoms. The van der Waals surface area contributed by atoms with Crippen LogP contribution in [0.2, 0.25) is 0 Å². The average molecular weight is 375 g/mol. The van der Waals surface area contributed by atoms with Crippen LogP contribution in [-0.2, 0) is 18.7 Å². The van der Waals surface area contributed by atoms with Gasteiger partial charge >= 0.3 is 0 Å². The Morgan fingerprint density at radius 3 is 2.65 bits per heavy atom. The van der Waals surface area contributed by atoms with Crippen LogP contribution in [0.5, 0.6) is 0 Å². The molecule has 2 aromatic rings. The molecule has 1 atom stereocenters. The van der Waals surface area contributed by atoms with E-state index >= 15 is 0 Å². The molecular formula is C20H30N4OS. The highest BCUT2D eigenvalue weighted by molar-refractivity contribution is 7.08. The molecule has 142 valence electrons. The van der Waals surface area contributed by atoms with E-state index in [0.29, 0.717) is 19.0 Å². The Morgan fingerprint density at radius 1 is 1.23 bits per heavy atom. The van der Waals surface area contributed by atoms with E-state index in [1.165, 1.54) is 11.1 Å². The minimum Gasteiger partial charge on any atom is -0.384 e. The molecule has 0 saturated heterocycles. The molecule has 0 fully saturated rings. The third kappa shape index (κ3) is 6.44. The second kappa shape index (κ2) is 9.71. The Hall–Kier alpha value is -1.89. The second-order valence-corrected chi connectivity index (χ2v) is 7.67. The second-order valence-electron chi connectivity index (χ2n) is 6.89. The van der Waals surface area contributed by atoms with Gasteiger partial charge in [-0.25, -0.2) is 4.99 Å². The highest BCUT2D eigenvalue weighted by Gasteiger charge is 2.23. The van der Waals surface area contributed by atoms with E-state index in [1.807, 2.05) is 30.7 Å². The molecule has 0 aliphatic heterocycles. The lowest BCUT2D eigenvalue weighted by atomic mass is 9.99. The fourth-order valence-corrected chi connectivity index (χ4v) is 3.42. The van der Waals surface area contributed by atoms with Crippen molar-refractivity contribution in [3.05, 3.63) is 57.8 Å². The first-order valence-corrected chi connectivity index (χ1v) is 9.85. The quantitative estimate of drug-likeness (QED) is 0.491. The molecule has 6 heteroatoms. The van der Waals surface area contributed by atoms with Gasteiger partial charge in [0, 0.05) is 13.1 Å². The summed E-state index contributed by atoms with van der Waals surface area (Å²) in [5.74, 6) is 0.709. The number of nitrogens with zero attached hydrogens (tertiary/aromatic N) is 2. The van der Waals surface area contributed by atoms with Gasteiger partial charge in [-0.1, -0.05) is 24.3 Å². The summed E-state index contributed by atoms with van der Waals surface area (Å²) in [5.41, 5.74) is 2.44. The number of aliphatic hydroxyl groups is 1. The SMILES string of the molecule is CCNC(=NCc1cccc(CN(C)C)c1)NCC(C)(O)c1ccsc1. The van der Waals surface area contributed by atoms with Gasteiger partial charge in [-0.3, -0.25) is 0 Å². The molecule has 1 aromatic carbocycles. The van der Waals surface area contributed by atoms with Crippen molar-refractivity contribution < 1.29 is 5.11 Å². The molecule has 5 nitrogen and oxygen atoms in total. The summed E-state index contributed by atoms with van der Waals surface area (Å²) in [7, 11) is 4.13. The van der Waals surface area contributed by atoms with Gasteiger partial charge in [0.25, 0.3) is 0 Å². The summed E-state index contributed by atoms with van der Waals surface area (Å²) in [5, 5.41) is 21.1. The van der Waals surface area contributed by atoms with Crippen molar-refractivity contribution >= 4 is 17.3 Å². The molecule has 0 amide bonds. The van der Waals surface area contributed by atoms with Crippen LogP contribution < -0.4 is 10.6 Å². The Kier molecular flexibility index (Phi) is 7.63. The highest BCUT2D eigenvalue weighted by Crippen LogP contribution is 2.21. The molecule has 0 saturated carbocycles. The molecular weight excluding hydrogens is 344 g/mol. The summed E-state index contributed by atoms with van der Waals surface area (Å²) >= 11 is 1.59. The van der Waals surface area contributed by atoms with Gasteiger partial charge in [0.2, 0.25) is 0 Å². The highest BCUT2D eigenvalue weighted by atomic mass is 32.1. The van der Waals surface area contributed by atoms with E-state index in [-0.39, 0.29) is 0 Å². The first kappa shape index (κ1) is 20.4. The normalized spacial score (nSPS) is 14.3. The molecule has 0 radical (unpaired) electrons. The zero-order valence-electron chi connectivity index (χ0n) is 16.1. The van der Waals surface area contributed by atoms with E-state index in [0.717, 1.165) is 18.7 Å². The number of hydrogen-bond acceptors (Lipinski definition) is 4. The molecule has 0 aliphatic rings. The van der Waals surface area contributed by atoms with Crippen molar-refractivity contribution in [1.29, 1.82) is 0 Å². The largest absolute Gasteiger partial charge is 0.384 e. The van der Waals surface area contributed by atoms with Gasteiger partial charge in [-0.05, 0) is 61.5 Å². The molecule has 3 N–H and O–H groups in total. The maximum absolute atomic E-state index is 10.7. The molecule has 0 spiro atoms. The van der Waals surface area contributed by atoms with Crippen LogP contribution in [0, 0.1) is 0 Å². The van der Waals surface area contributed by atoms with Crippen molar-refractivity contribution in [3.63, 3.8) is 0 Å². The molecule has 1 aromatic heterocycles. The maximum atomic E-state index is 10.7. The van der Waals surface area contributed by atoms with E-state index < -0.39 is 5.60 Å². The van der Waals surface area contributed by atoms with Crippen molar-refractivity contribution in [2.75, 3.05) is 27.2 Å². The van der Waals surface area contributed by atoms with E-state index in [1.54, 1.807) is 11.3 Å². The number of nitrogens with one attached hydrogen (secondary N) is 2. The molecule has 2 rings (SSSR count). The van der Waals surface area contributed by atoms with Crippen LogP contribution in [0.25, 0.3) is 0 Å². The van der Waals surface area contributed by atoms with Crippen molar-refractivity contribution in [2.45, 2.75) is 32.5 Å². The lowest BCUT2D eigenvalue weighted by molar-refractivity contribution is 0.0621. The lowest BCUT2D eigenvalue weighted by Crippen LogP contribution is -2.44. The van der Waals surface area contributed by atoms with Crippen LogP contribution in [0.4, 0.5) is 0 Å². The Labute approximate surface area is 160 Å². The summed E-state index contributed by atoms with van der Waals surface area (Å²) in [6, 6.07) is 10.4. The minimum atomic E-state index is -0.929. The van der Waals surface area contributed by atoms with Crippen LogP contribution in [-0.4, -0.2) is 43.2 Å². The Bertz CT molecular complexity index is 696. The van der Waals surface area contributed by atoms with Crippen molar-refractivity contribution in [3.8, 4) is 0 Å². The average Bonchev–Trinajstić information content (AvgIpc) is 3.13. The number of hydrogen-bond donors (Lipinski definition) is 3. The minimum absolute atomic E-state index is 0.399. The Morgan fingerprint density at radius 2 is 2.00 bits per heavy atom. The lowest BCUT2D eigenvalue weighted by Gasteiger charge is -2.24. The van der Waals surface area contributed by atoms with E-state index in [4.69, 9.17) is 0 Å². The predicted octanol–water partition coefficient (Wildman–Crippen LogP) is 2.77. The zero-order valence-corrected chi connectivity index (χ0v) is 16.9. The standard InChI is InChI=1S/C20H30N4OS/c1-5-21-19(23-15-20(2,25)18-9-10-26-14-18)22-12-16-7-6-8-17(11-16)13-24(3)4/h6-11,14,25H,5,12-13,15H2,1-4H3,(H2,21,22,23). The smallest absolute Gasteiger partial charge is 0.191 e. The van der Waals surface area contributed by atoms with Crippen molar-refractivity contribution in [1.82, 2.24) is 15.5 Å². The van der Waals surface area contributed by atoms with Gasteiger partial charge in [0.05, 0.1) is 13.1 Å². The maximum Gasteiger partial charge on any atom is 0.191 e. The summed E-state index contributed by atoms with van der Waals surface area (Å²) in [4.78, 5) is 6.81. The predicted molar refractivity (Wildman–Crippen MR) is 111 cm³/mol. The molecule has 0 bridgehead atoms. The first-order chi connectivity index (χ1) is 12.4. The number of benzene rings is 1. The van der Waals surface area contributed by atoms with Gasteiger partial charge in [-0.2, -0.15) is 11.3 Å². The molecule has 0 aliphatic carbocycles. The van der Waals surface area contributed by atoms with E-state index in [9.17, 15) is 5.11 Å². The van der Waals surface area contributed by atoms with Crippen molar-refractivity contribution in [2.24, 2.45) is 4.99 Å².